The fourth-order valence-corrected chi connectivity index (χ4v) is 1.59. The predicted octanol–water partition coefficient (Wildman–Crippen LogP) is 0.615. The summed E-state index contributed by atoms with van der Waals surface area (Å²) in [5, 5.41) is 2.82. The second-order valence-corrected chi connectivity index (χ2v) is 4.03. The van der Waals surface area contributed by atoms with Crippen LogP contribution in [-0.4, -0.2) is 49.0 Å². The maximum Gasteiger partial charge on any atom is 0.307 e. The number of methoxy groups -OCH3 is 1. The van der Waals surface area contributed by atoms with Crippen LogP contribution in [-0.2, 0) is 20.9 Å². The molecule has 0 saturated carbocycles. The van der Waals surface area contributed by atoms with E-state index < -0.39 is 0 Å². The van der Waals surface area contributed by atoms with Gasteiger partial charge in [-0.3, -0.25) is 14.6 Å². The average Bonchev–Trinajstić information content (AvgIpc) is 2.44. The first-order valence-corrected chi connectivity index (χ1v) is 6.05. The van der Waals surface area contributed by atoms with Crippen LogP contribution in [0.25, 0.3) is 0 Å². The Bertz CT molecular complexity index is 415. The number of carbonyl (C=O) groups excluding carboxylic acids is 2. The SMILES string of the molecule is CNCC(=O)N(CCC(=O)OC)Cc1ccncc1.Cl. The van der Waals surface area contributed by atoms with E-state index in [1.54, 1.807) is 24.3 Å². The average molecular weight is 302 g/mol. The Labute approximate surface area is 124 Å². The predicted molar refractivity (Wildman–Crippen MR) is 77.5 cm³/mol. The number of aromatic nitrogens is 1. The molecule has 6 nitrogen and oxygen atoms in total. The maximum atomic E-state index is 11.9. The quantitative estimate of drug-likeness (QED) is 0.747. The van der Waals surface area contributed by atoms with E-state index in [0.29, 0.717) is 13.1 Å². The highest BCUT2D eigenvalue weighted by Crippen LogP contribution is 2.05. The van der Waals surface area contributed by atoms with Gasteiger partial charge in [0.2, 0.25) is 5.91 Å². The Hall–Kier alpha value is -1.66. The van der Waals surface area contributed by atoms with Crippen molar-refractivity contribution >= 4 is 24.3 Å². The molecule has 0 spiro atoms. The van der Waals surface area contributed by atoms with E-state index in [4.69, 9.17) is 0 Å². The smallest absolute Gasteiger partial charge is 0.307 e. The highest BCUT2D eigenvalue weighted by atomic mass is 35.5. The number of nitrogens with zero attached hydrogens (tertiary/aromatic N) is 2. The van der Waals surface area contributed by atoms with Gasteiger partial charge < -0.3 is 15.0 Å². The Morgan fingerprint density at radius 3 is 2.55 bits per heavy atom. The summed E-state index contributed by atoms with van der Waals surface area (Å²) >= 11 is 0. The number of pyridine rings is 1. The van der Waals surface area contributed by atoms with Gasteiger partial charge in [0.05, 0.1) is 20.1 Å². The van der Waals surface area contributed by atoms with Crippen molar-refractivity contribution in [2.45, 2.75) is 13.0 Å². The zero-order valence-corrected chi connectivity index (χ0v) is 12.5. The van der Waals surface area contributed by atoms with Crippen molar-refractivity contribution in [2.24, 2.45) is 0 Å². The van der Waals surface area contributed by atoms with Crippen molar-refractivity contribution in [1.82, 2.24) is 15.2 Å². The lowest BCUT2D eigenvalue weighted by Gasteiger charge is -2.22. The zero-order chi connectivity index (χ0) is 14.1. The van der Waals surface area contributed by atoms with E-state index in [1.807, 2.05) is 12.1 Å². The fourth-order valence-electron chi connectivity index (χ4n) is 1.59. The van der Waals surface area contributed by atoms with Gasteiger partial charge in [0.25, 0.3) is 0 Å². The largest absolute Gasteiger partial charge is 0.469 e. The van der Waals surface area contributed by atoms with Crippen LogP contribution in [0.4, 0.5) is 0 Å². The summed E-state index contributed by atoms with van der Waals surface area (Å²) in [5.41, 5.74) is 0.976. The minimum Gasteiger partial charge on any atom is -0.469 e. The number of carbonyl (C=O) groups is 2. The summed E-state index contributed by atoms with van der Waals surface area (Å²) in [4.78, 5) is 28.7. The molecule has 0 fully saturated rings. The van der Waals surface area contributed by atoms with Crippen LogP contribution < -0.4 is 5.32 Å². The number of amides is 1. The Balaban J connectivity index is 0.00000361. The van der Waals surface area contributed by atoms with Crippen molar-refractivity contribution in [2.75, 3.05) is 27.2 Å². The van der Waals surface area contributed by atoms with Gasteiger partial charge in [-0.05, 0) is 24.7 Å². The number of ether oxygens (including phenoxy) is 1. The van der Waals surface area contributed by atoms with Gasteiger partial charge >= 0.3 is 5.97 Å². The van der Waals surface area contributed by atoms with Crippen LogP contribution >= 0.6 is 12.4 Å². The summed E-state index contributed by atoms with van der Waals surface area (Å²) in [6.07, 6.45) is 3.55. The summed E-state index contributed by atoms with van der Waals surface area (Å²) in [6.45, 7) is 1.04. The molecule has 1 rings (SSSR count). The van der Waals surface area contributed by atoms with Crippen molar-refractivity contribution in [3.8, 4) is 0 Å². The second-order valence-electron chi connectivity index (χ2n) is 4.03. The number of nitrogens with one attached hydrogen (secondary N) is 1. The summed E-state index contributed by atoms with van der Waals surface area (Å²) < 4.78 is 4.59. The standard InChI is InChI=1S/C13H19N3O3.ClH/c1-14-9-12(17)16(8-5-13(18)19-2)10-11-3-6-15-7-4-11;/h3-4,6-7,14H,5,8-10H2,1-2H3;1H. The van der Waals surface area contributed by atoms with Crippen LogP contribution in [0.3, 0.4) is 0 Å². The number of hydrogen-bond acceptors (Lipinski definition) is 5. The van der Waals surface area contributed by atoms with E-state index in [-0.39, 0.29) is 37.2 Å². The molecule has 112 valence electrons. The molecule has 0 aliphatic carbocycles. The molecule has 7 heteroatoms. The molecule has 1 aromatic rings. The highest BCUT2D eigenvalue weighted by molar-refractivity contribution is 5.85. The zero-order valence-electron chi connectivity index (χ0n) is 11.7. The number of hydrogen-bond donors (Lipinski definition) is 1. The number of esters is 1. The lowest BCUT2D eigenvalue weighted by Crippen LogP contribution is -2.38. The molecule has 20 heavy (non-hydrogen) atoms. The molecule has 0 saturated heterocycles. The summed E-state index contributed by atoms with van der Waals surface area (Å²) in [6, 6.07) is 3.69. The van der Waals surface area contributed by atoms with Gasteiger partial charge in [0.15, 0.2) is 0 Å². The van der Waals surface area contributed by atoms with Crippen LogP contribution in [0.15, 0.2) is 24.5 Å². The van der Waals surface area contributed by atoms with E-state index in [0.717, 1.165) is 5.56 Å². The Morgan fingerprint density at radius 1 is 1.35 bits per heavy atom. The van der Waals surface area contributed by atoms with Crippen LogP contribution in [0.1, 0.15) is 12.0 Å². The molecule has 1 aromatic heterocycles. The molecule has 1 amide bonds. The molecule has 0 bridgehead atoms. The third-order valence-electron chi connectivity index (χ3n) is 2.62. The fraction of sp³-hybridized carbons (Fsp3) is 0.462. The third kappa shape index (κ3) is 6.49. The van der Waals surface area contributed by atoms with E-state index in [1.165, 1.54) is 7.11 Å². The molecule has 0 aromatic carbocycles. The highest BCUT2D eigenvalue weighted by Gasteiger charge is 2.14. The second kappa shape index (κ2) is 10.2. The Morgan fingerprint density at radius 2 is 2.00 bits per heavy atom. The van der Waals surface area contributed by atoms with E-state index in [2.05, 4.69) is 15.0 Å². The number of rotatable bonds is 7. The van der Waals surface area contributed by atoms with Crippen molar-refractivity contribution in [1.29, 1.82) is 0 Å². The van der Waals surface area contributed by atoms with Crippen molar-refractivity contribution in [3.05, 3.63) is 30.1 Å². The molecule has 0 aliphatic heterocycles. The minimum absolute atomic E-state index is 0. The Kier molecular flexibility index (Phi) is 9.32. The summed E-state index contributed by atoms with van der Waals surface area (Å²) in [7, 11) is 3.05. The minimum atomic E-state index is -0.322. The molecule has 1 heterocycles. The number of likely N-dealkylation sites (N-methyl/N-ethyl adjacent to an activating group) is 1. The topological polar surface area (TPSA) is 71.5 Å². The molecule has 0 atom stereocenters. The van der Waals surface area contributed by atoms with E-state index >= 15 is 0 Å². The monoisotopic (exact) mass is 301 g/mol. The summed E-state index contributed by atoms with van der Waals surface area (Å²) in [5.74, 6) is -0.375. The maximum absolute atomic E-state index is 11.9. The molecule has 0 aliphatic rings. The van der Waals surface area contributed by atoms with Crippen LogP contribution in [0.5, 0.6) is 0 Å². The van der Waals surface area contributed by atoms with Gasteiger partial charge in [-0.25, -0.2) is 0 Å². The van der Waals surface area contributed by atoms with Crippen molar-refractivity contribution in [3.63, 3.8) is 0 Å². The molecular formula is C13H20ClN3O3. The van der Waals surface area contributed by atoms with Gasteiger partial charge in [-0.2, -0.15) is 0 Å². The molecular weight excluding hydrogens is 282 g/mol. The van der Waals surface area contributed by atoms with Gasteiger partial charge in [0, 0.05) is 25.5 Å². The van der Waals surface area contributed by atoms with Gasteiger partial charge in [-0.15, -0.1) is 12.4 Å². The normalized spacial score (nSPS) is 9.50. The van der Waals surface area contributed by atoms with Crippen LogP contribution in [0, 0.1) is 0 Å². The lowest BCUT2D eigenvalue weighted by atomic mass is 10.2. The number of halogens is 1. The molecule has 1 N–H and O–H groups in total. The van der Waals surface area contributed by atoms with Gasteiger partial charge in [-0.1, -0.05) is 0 Å². The molecule has 0 radical (unpaired) electrons. The van der Waals surface area contributed by atoms with E-state index in [9.17, 15) is 9.59 Å². The first-order chi connectivity index (χ1) is 9.17. The first kappa shape index (κ1) is 18.3. The third-order valence-corrected chi connectivity index (χ3v) is 2.62. The molecule has 0 unspecified atom stereocenters. The first-order valence-electron chi connectivity index (χ1n) is 6.05. The van der Waals surface area contributed by atoms with Crippen LogP contribution in [0.2, 0.25) is 0 Å². The van der Waals surface area contributed by atoms with Crippen molar-refractivity contribution < 1.29 is 14.3 Å². The van der Waals surface area contributed by atoms with Gasteiger partial charge in [0.1, 0.15) is 0 Å². The lowest BCUT2D eigenvalue weighted by molar-refractivity contribution is -0.141.